The first-order valence-electron chi connectivity index (χ1n) is 4.47. The lowest BCUT2D eigenvalue weighted by atomic mass is 9.98. The van der Waals surface area contributed by atoms with Gasteiger partial charge in [0.2, 0.25) is 0 Å². The summed E-state index contributed by atoms with van der Waals surface area (Å²) in [5, 5.41) is 0. The van der Waals surface area contributed by atoms with Gasteiger partial charge in [0.25, 0.3) is 0 Å². The molecular weight excluding hydrogens is 218 g/mol. The van der Waals surface area contributed by atoms with Crippen LogP contribution in [0.25, 0.3) is 0 Å². The van der Waals surface area contributed by atoms with E-state index in [1.54, 1.807) is 0 Å². The summed E-state index contributed by atoms with van der Waals surface area (Å²) in [5.74, 6) is -2.89. The molecule has 0 aliphatic heterocycles. The van der Waals surface area contributed by atoms with Crippen molar-refractivity contribution in [1.82, 2.24) is 0 Å². The van der Waals surface area contributed by atoms with Crippen LogP contribution in [0.4, 0.5) is 8.78 Å². The third-order valence-corrected chi connectivity index (χ3v) is 2.45. The Balaban J connectivity index is 3.70. The molecule has 1 rings (SSSR count). The Bertz CT molecular complexity index is 467. The van der Waals surface area contributed by atoms with Crippen LogP contribution >= 0.6 is 0 Å². The van der Waals surface area contributed by atoms with E-state index in [2.05, 4.69) is 4.74 Å². The molecule has 0 saturated carbocycles. The van der Waals surface area contributed by atoms with Crippen LogP contribution in [0.15, 0.2) is 0 Å². The van der Waals surface area contributed by atoms with E-state index in [1.807, 2.05) is 0 Å². The van der Waals surface area contributed by atoms with Crippen molar-refractivity contribution in [2.75, 3.05) is 7.11 Å². The van der Waals surface area contributed by atoms with Gasteiger partial charge in [-0.25, -0.2) is 13.6 Å². The van der Waals surface area contributed by atoms with E-state index in [9.17, 15) is 18.4 Å². The number of hydrogen-bond donors (Lipinski definition) is 0. The van der Waals surface area contributed by atoms with E-state index >= 15 is 0 Å². The molecule has 0 aromatic heterocycles. The second kappa shape index (κ2) is 4.38. The summed E-state index contributed by atoms with van der Waals surface area (Å²) in [6.45, 7) is 2.66. The molecule has 0 spiro atoms. The minimum absolute atomic E-state index is 0.00672. The Hall–Kier alpha value is -1.78. The second-order valence-corrected chi connectivity index (χ2v) is 3.28. The quantitative estimate of drug-likeness (QED) is 0.575. The molecule has 1 aromatic rings. The summed E-state index contributed by atoms with van der Waals surface area (Å²) < 4.78 is 31.6. The molecule has 16 heavy (non-hydrogen) atoms. The van der Waals surface area contributed by atoms with Crippen LogP contribution in [0.5, 0.6) is 0 Å². The van der Waals surface area contributed by atoms with Crippen LogP contribution in [0.3, 0.4) is 0 Å². The molecule has 0 atom stereocenters. The third-order valence-electron chi connectivity index (χ3n) is 2.45. The molecule has 0 saturated heterocycles. The highest BCUT2D eigenvalue weighted by Gasteiger charge is 2.25. The molecule has 0 unspecified atom stereocenters. The molecule has 86 valence electrons. The van der Waals surface area contributed by atoms with Gasteiger partial charge in [-0.2, -0.15) is 0 Å². The standard InChI is InChI=1S/C11H10F2O3/c1-5-6(2)10(13)8(11(15)16-3)7(4-14)9(5)12/h4H,1-3H3. The largest absolute Gasteiger partial charge is 0.465 e. The summed E-state index contributed by atoms with van der Waals surface area (Å²) in [4.78, 5) is 21.9. The van der Waals surface area contributed by atoms with Gasteiger partial charge in [-0.1, -0.05) is 0 Å². The summed E-state index contributed by atoms with van der Waals surface area (Å²) in [5.41, 5.74) is -1.26. The molecule has 1 aromatic carbocycles. The first kappa shape index (κ1) is 12.3. The Morgan fingerprint density at radius 2 is 1.69 bits per heavy atom. The van der Waals surface area contributed by atoms with Gasteiger partial charge in [-0.05, 0) is 25.0 Å². The number of aldehydes is 1. The molecule has 0 heterocycles. The number of methoxy groups -OCH3 is 1. The maximum absolute atomic E-state index is 13.7. The predicted octanol–water partition coefficient (Wildman–Crippen LogP) is 2.18. The molecule has 0 aliphatic rings. The highest BCUT2D eigenvalue weighted by atomic mass is 19.1. The van der Waals surface area contributed by atoms with E-state index in [1.165, 1.54) is 13.8 Å². The molecule has 0 bridgehead atoms. The molecule has 3 nitrogen and oxygen atoms in total. The van der Waals surface area contributed by atoms with E-state index in [0.29, 0.717) is 0 Å². The van der Waals surface area contributed by atoms with Gasteiger partial charge in [0.05, 0.1) is 12.7 Å². The van der Waals surface area contributed by atoms with Crippen LogP contribution in [0.1, 0.15) is 31.8 Å². The Labute approximate surface area is 91.0 Å². The number of benzene rings is 1. The second-order valence-electron chi connectivity index (χ2n) is 3.28. The SMILES string of the molecule is COC(=O)c1c(F)c(C)c(C)c(F)c1C=O. The van der Waals surface area contributed by atoms with Crippen LogP contribution in [-0.2, 0) is 4.74 Å². The van der Waals surface area contributed by atoms with E-state index in [-0.39, 0.29) is 17.4 Å². The maximum Gasteiger partial charge on any atom is 0.341 e. The average Bonchev–Trinajstić information content (AvgIpc) is 2.29. The zero-order chi connectivity index (χ0) is 12.5. The molecule has 0 fully saturated rings. The van der Waals surface area contributed by atoms with Crippen molar-refractivity contribution < 1.29 is 23.1 Å². The van der Waals surface area contributed by atoms with Crippen molar-refractivity contribution in [3.05, 3.63) is 33.9 Å². The number of halogens is 2. The highest BCUT2D eigenvalue weighted by molar-refractivity contribution is 5.99. The zero-order valence-corrected chi connectivity index (χ0v) is 9.06. The number of ether oxygens (including phenoxy) is 1. The molecule has 0 amide bonds. The number of carbonyl (C=O) groups excluding carboxylic acids is 2. The van der Waals surface area contributed by atoms with Gasteiger partial charge >= 0.3 is 5.97 Å². The molecule has 0 N–H and O–H groups in total. The van der Waals surface area contributed by atoms with Gasteiger partial charge in [-0.3, -0.25) is 4.79 Å². The minimum Gasteiger partial charge on any atom is -0.465 e. The normalized spacial score (nSPS) is 10.1. The van der Waals surface area contributed by atoms with Crippen molar-refractivity contribution in [3.8, 4) is 0 Å². The summed E-state index contributed by atoms with van der Waals surface area (Å²) in [6.07, 6.45) is 0.108. The smallest absolute Gasteiger partial charge is 0.341 e. The van der Waals surface area contributed by atoms with Gasteiger partial charge in [0.1, 0.15) is 17.2 Å². The van der Waals surface area contributed by atoms with Gasteiger partial charge in [-0.15, -0.1) is 0 Å². The minimum atomic E-state index is -1.07. The van der Waals surface area contributed by atoms with Crippen LogP contribution < -0.4 is 0 Å². The van der Waals surface area contributed by atoms with E-state index in [4.69, 9.17) is 0 Å². The summed E-state index contributed by atoms with van der Waals surface area (Å²) in [7, 11) is 1.03. The van der Waals surface area contributed by atoms with E-state index in [0.717, 1.165) is 7.11 Å². The zero-order valence-electron chi connectivity index (χ0n) is 9.06. The van der Waals surface area contributed by atoms with Gasteiger partial charge < -0.3 is 4.74 Å². The first-order valence-corrected chi connectivity index (χ1v) is 4.47. The van der Waals surface area contributed by atoms with Crippen molar-refractivity contribution >= 4 is 12.3 Å². The monoisotopic (exact) mass is 228 g/mol. The van der Waals surface area contributed by atoms with Crippen molar-refractivity contribution in [1.29, 1.82) is 0 Å². The number of rotatable bonds is 2. The highest BCUT2D eigenvalue weighted by Crippen LogP contribution is 2.24. The Morgan fingerprint density at radius 3 is 2.12 bits per heavy atom. The lowest BCUT2D eigenvalue weighted by Crippen LogP contribution is -2.13. The van der Waals surface area contributed by atoms with Gasteiger partial charge in [0.15, 0.2) is 6.29 Å². The van der Waals surface area contributed by atoms with E-state index < -0.39 is 28.7 Å². The van der Waals surface area contributed by atoms with Crippen molar-refractivity contribution in [2.24, 2.45) is 0 Å². The molecule has 5 heteroatoms. The Kier molecular flexibility index (Phi) is 3.37. The first-order chi connectivity index (χ1) is 7.45. The fourth-order valence-electron chi connectivity index (χ4n) is 1.36. The summed E-state index contributed by atoms with van der Waals surface area (Å²) >= 11 is 0. The average molecular weight is 228 g/mol. The molecule has 0 aliphatic carbocycles. The third kappa shape index (κ3) is 1.68. The lowest BCUT2D eigenvalue weighted by molar-refractivity contribution is 0.0592. The molecule has 0 radical (unpaired) electrons. The number of hydrogen-bond acceptors (Lipinski definition) is 3. The molecular formula is C11H10F2O3. The summed E-state index contributed by atoms with van der Waals surface area (Å²) in [6, 6.07) is 0. The topological polar surface area (TPSA) is 43.4 Å². The predicted molar refractivity (Wildman–Crippen MR) is 52.6 cm³/mol. The fraction of sp³-hybridized carbons (Fsp3) is 0.273. The lowest BCUT2D eigenvalue weighted by Gasteiger charge is -2.11. The Morgan fingerprint density at radius 1 is 1.19 bits per heavy atom. The van der Waals surface area contributed by atoms with Crippen LogP contribution in [0.2, 0.25) is 0 Å². The van der Waals surface area contributed by atoms with Crippen LogP contribution in [-0.4, -0.2) is 19.4 Å². The van der Waals surface area contributed by atoms with Crippen molar-refractivity contribution in [3.63, 3.8) is 0 Å². The van der Waals surface area contributed by atoms with Gasteiger partial charge in [0, 0.05) is 0 Å². The fourth-order valence-corrected chi connectivity index (χ4v) is 1.36. The van der Waals surface area contributed by atoms with Crippen LogP contribution in [0, 0.1) is 25.5 Å². The maximum atomic E-state index is 13.7. The van der Waals surface area contributed by atoms with Crippen molar-refractivity contribution in [2.45, 2.75) is 13.8 Å². The number of esters is 1. The number of carbonyl (C=O) groups is 2.